The highest BCUT2D eigenvalue weighted by molar-refractivity contribution is 6.08. The zero-order chi connectivity index (χ0) is 20.9. The summed E-state index contributed by atoms with van der Waals surface area (Å²) in [5.41, 5.74) is 1.69. The van der Waals surface area contributed by atoms with Crippen LogP contribution in [0.1, 0.15) is 37.7 Å². The number of hydrogen-bond donors (Lipinski definition) is 2. The van der Waals surface area contributed by atoms with Crippen LogP contribution < -0.4 is 10.1 Å². The van der Waals surface area contributed by atoms with Crippen LogP contribution in [-0.2, 0) is 22.7 Å². The third-order valence-electron chi connectivity index (χ3n) is 5.31. The second kappa shape index (κ2) is 8.98. The lowest BCUT2D eigenvalue weighted by molar-refractivity contribution is -0.140. The number of amides is 1. The number of carbonyl (C=O) groups excluding carboxylic acids is 1. The molecular weight excluding hydrogens is 386 g/mol. The monoisotopic (exact) mass is 411 g/mol. The second-order valence-electron chi connectivity index (χ2n) is 7.52. The molecule has 30 heavy (non-hydrogen) atoms. The Kier molecular flexibility index (Phi) is 5.97. The van der Waals surface area contributed by atoms with Crippen molar-refractivity contribution in [3.05, 3.63) is 42.5 Å². The van der Waals surface area contributed by atoms with E-state index in [9.17, 15) is 9.59 Å². The van der Waals surface area contributed by atoms with E-state index in [0.717, 1.165) is 49.2 Å². The minimum absolute atomic E-state index is 0.253. The summed E-state index contributed by atoms with van der Waals surface area (Å²) in [6, 6.07) is 4.94. The quantitative estimate of drug-likeness (QED) is 0.581. The zero-order valence-electron chi connectivity index (χ0n) is 16.7. The van der Waals surface area contributed by atoms with Gasteiger partial charge < -0.3 is 19.3 Å². The van der Waals surface area contributed by atoms with Crippen LogP contribution in [0.5, 0.6) is 5.75 Å². The van der Waals surface area contributed by atoms with Crippen molar-refractivity contribution in [1.82, 2.24) is 19.8 Å². The van der Waals surface area contributed by atoms with Crippen molar-refractivity contribution in [3.63, 3.8) is 0 Å². The zero-order valence-corrected chi connectivity index (χ0v) is 16.7. The fourth-order valence-electron chi connectivity index (χ4n) is 3.74. The molecular formula is C21H25N5O4. The Hall–Kier alpha value is -3.36. The number of unbranched alkanes of at least 4 members (excludes halogenated alkanes) is 3. The Morgan fingerprint density at radius 2 is 2.13 bits per heavy atom. The van der Waals surface area contributed by atoms with Crippen molar-refractivity contribution in [2.24, 2.45) is 4.99 Å². The molecule has 1 unspecified atom stereocenters. The van der Waals surface area contributed by atoms with Gasteiger partial charge in [0.1, 0.15) is 11.8 Å². The summed E-state index contributed by atoms with van der Waals surface area (Å²) in [6.45, 7) is 2.06. The van der Waals surface area contributed by atoms with Crippen LogP contribution in [0.2, 0.25) is 0 Å². The molecule has 0 aliphatic carbocycles. The maximum absolute atomic E-state index is 12.1. The maximum Gasteiger partial charge on any atom is 0.305 e. The van der Waals surface area contributed by atoms with E-state index in [1.807, 2.05) is 30.7 Å². The van der Waals surface area contributed by atoms with Crippen LogP contribution in [0.25, 0.3) is 0 Å². The molecule has 2 aliphatic heterocycles. The Labute approximate surface area is 174 Å². The van der Waals surface area contributed by atoms with Crippen molar-refractivity contribution in [1.29, 1.82) is 0 Å². The molecule has 158 valence electrons. The topological polar surface area (TPSA) is 109 Å². The van der Waals surface area contributed by atoms with E-state index < -0.39 is 12.0 Å². The van der Waals surface area contributed by atoms with Crippen LogP contribution in [0, 0.1) is 0 Å². The van der Waals surface area contributed by atoms with Gasteiger partial charge in [0.25, 0.3) is 0 Å². The molecule has 4 rings (SSSR count). The van der Waals surface area contributed by atoms with Gasteiger partial charge in [0.05, 0.1) is 25.0 Å². The minimum Gasteiger partial charge on any atom is -0.494 e. The second-order valence-corrected chi connectivity index (χ2v) is 7.52. The van der Waals surface area contributed by atoms with E-state index in [0.29, 0.717) is 19.1 Å². The molecule has 1 amide bonds. The lowest BCUT2D eigenvalue weighted by Crippen LogP contribution is -2.38. The van der Waals surface area contributed by atoms with Gasteiger partial charge in [-0.25, -0.2) is 9.98 Å². The van der Waals surface area contributed by atoms with Gasteiger partial charge in [0.15, 0.2) is 0 Å². The van der Waals surface area contributed by atoms with Crippen molar-refractivity contribution in [2.45, 2.75) is 51.2 Å². The van der Waals surface area contributed by atoms with Crippen LogP contribution in [0.15, 0.2) is 41.9 Å². The van der Waals surface area contributed by atoms with Gasteiger partial charge in [-0.15, -0.1) is 0 Å². The van der Waals surface area contributed by atoms with Crippen LogP contribution >= 0.6 is 0 Å². The summed E-state index contributed by atoms with van der Waals surface area (Å²) in [4.78, 5) is 33.4. The average molecular weight is 411 g/mol. The van der Waals surface area contributed by atoms with Gasteiger partial charge in [-0.3, -0.25) is 14.9 Å². The third-order valence-corrected chi connectivity index (χ3v) is 5.31. The Morgan fingerprint density at radius 3 is 2.93 bits per heavy atom. The van der Waals surface area contributed by atoms with Gasteiger partial charge in [0, 0.05) is 31.0 Å². The number of aliphatic imine (C=N–C) groups is 1. The number of guanidine groups is 1. The molecule has 1 atom stereocenters. The van der Waals surface area contributed by atoms with E-state index in [1.54, 1.807) is 11.1 Å². The highest BCUT2D eigenvalue weighted by atomic mass is 16.5. The number of nitrogens with one attached hydrogen (secondary N) is 1. The number of fused-ring (bicyclic) bond motifs is 2. The van der Waals surface area contributed by atoms with E-state index in [4.69, 9.17) is 9.84 Å². The summed E-state index contributed by atoms with van der Waals surface area (Å²) in [6.07, 6.45) is 9.70. The molecule has 9 nitrogen and oxygen atoms in total. The van der Waals surface area contributed by atoms with Crippen molar-refractivity contribution in [2.75, 3.05) is 6.61 Å². The number of rotatable bonds is 10. The van der Waals surface area contributed by atoms with Crippen LogP contribution in [0.4, 0.5) is 5.69 Å². The number of carboxylic acid groups (broad SMARTS) is 1. The van der Waals surface area contributed by atoms with Gasteiger partial charge in [-0.1, -0.05) is 12.8 Å². The maximum atomic E-state index is 12.1. The smallest absolute Gasteiger partial charge is 0.305 e. The van der Waals surface area contributed by atoms with E-state index in [1.165, 1.54) is 0 Å². The predicted octanol–water partition coefficient (Wildman–Crippen LogP) is 2.30. The molecule has 3 heterocycles. The number of carboxylic acids is 1. The SMILES string of the molecule is O=C(O)CC1C(=O)NC2=Nc3ccc(OCCCCCCn4ccnc4)cc3CN21. The van der Waals surface area contributed by atoms with Crippen molar-refractivity contribution in [3.8, 4) is 5.75 Å². The number of benzene rings is 1. The fourth-order valence-corrected chi connectivity index (χ4v) is 3.74. The lowest BCUT2D eigenvalue weighted by atomic mass is 10.1. The third kappa shape index (κ3) is 4.61. The number of hydrogen-bond acceptors (Lipinski definition) is 6. The highest BCUT2D eigenvalue weighted by Crippen LogP contribution is 2.32. The molecule has 1 saturated heterocycles. The van der Waals surface area contributed by atoms with E-state index in [-0.39, 0.29) is 12.3 Å². The molecule has 0 spiro atoms. The van der Waals surface area contributed by atoms with E-state index in [2.05, 4.69) is 19.9 Å². The molecule has 2 aliphatic rings. The number of nitrogens with zero attached hydrogens (tertiary/aromatic N) is 4. The molecule has 0 saturated carbocycles. The summed E-state index contributed by atoms with van der Waals surface area (Å²) < 4.78 is 7.97. The summed E-state index contributed by atoms with van der Waals surface area (Å²) in [5.74, 6) is -0.153. The molecule has 0 radical (unpaired) electrons. The predicted molar refractivity (Wildman–Crippen MR) is 109 cm³/mol. The molecule has 2 N–H and O–H groups in total. The lowest BCUT2D eigenvalue weighted by Gasteiger charge is -2.27. The summed E-state index contributed by atoms with van der Waals surface area (Å²) in [5, 5.41) is 11.7. The Bertz CT molecular complexity index is 941. The summed E-state index contributed by atoms with van der Waals surface area (Å²) in [7, 11) is 0. The normalized spacial score (nSPS) is 17.2. The molecule has 2 aromatic rings. The number of aliphatic carboxylic acids is 1. The summed E-state index contributed by atoms with van der Waals surface area (Å²) >= 11 is 0. The number of aromatic nitrogens is 2. The number of carbonyl (C=O) groups is 2. The van der Waals surface area contributed by atoms with Gasteiger partial charge >= 0.3 is 5.97 Å². The first-order chi connectivity index (χ1) is 14.6. The first-order valence-corrected chi connectivity index (χ1v) is 10.2. The number of aryl methyl sites for hydroxylation is 1. The average Bonchev–Trinajstić information content (AvgIpc) is 3.33. The van der Waals surface area contributed by atoms with Crippen molar-refractivity contribution >= 4 is 23.5 Å². The minimum atomic E-state index is -1.01. The molecule has 1 aromatic heterocycles. The fraction of sp³-hybridized carbons (Fsp3) is 0.429. The standard InChI is InChI=1S/C21H25N5O4/c27-19(28)12-18-20(29)24-21-23-17-6-5-16(11-15(17)13-26(18)21)30-10-4-2-1-3-8-25-9-7-22-14-25/h5-7,9,11,14,18H,1-4,8,10,12-13H2,(H,27,28)(H,23,24,29). The van der Waals surface area contributed by atoms with Gasteiger partial charge in [-0.2, -0.15) is 0 Å². The Morgan fingerprint density at radius 1 is 1.27 bits per heavy atom. The number of imidazole rings is 1. The van der Waals surface area contributed by atoms with Crippen molar-refractivity contribution < 1.29 is 19.4 Å². The number of ether oxygens (including phenoxy) is 1. The van der Waals surface area contributed by atoms with E-state index >= 15 is 0 Å². The highest BCUT2D eigenvalue weighted by Gasteiger charge is 2.40. The molecule has 0 bridgehead atoms. The first kappa shape index (κ1) is 19.9. The van der Waals surface area contributed by atoms with Gasteiger partial charge in [0.2, 0.25) is 11.9 Å². The first-order valence-electron chi connectivity index (χ1n) is 10.2. The van der Waals surface area contributed by atoms with Gasteiger partial charge in [-0.05, 0) is 31.0 Å². The Balaban J connectivity index is 1.25. The van der Waals surface area contributed by atoms with Crippen LogP contribution in [-0.4, -0.2) is 50.0 Å². The van der Waals surface area contributed by atoms with Crippen LogP contribution in [0.3, 0.4) is 0 Å². The molecule has 9 heteroatoms. The molecule has 1 aromatic carbocycles. The molecule has 1 fully saturated rings. The largest absolute Gasteiger partial charge is 0.494 e.